The van der Waals surface area contributed by atoms with E-state index < -0.39 is 0 Å². The third kappa shape index (κ3) is 8.26. The zero-order chi connectivity index (χ0) is 61.4. The van der Waals surface area contributed by atoms with Gasteiger partial charge in [0.2, 0.25) is 0 Å². The van der Waals surface area contributed by atoms with Crippen LogP contribution in [0.15, 0.2) is 231 Å². The monoisotopic (exact) mass is 1150 g/mol. The van der Waals surface area contributed by atoms with Crippen LogP contribution in [-0.4, -0.2) is 11.3 Å². The molecule has 2 aliphatic carbocycles. The molecular formula is C84H77BN4. The number of aromatic nitrogens is 1. The average molecular weight is 1150 g/mol. The van der Waals surface area contributed by atoms with E-state index in [0.29, 0.717) is 0 Å². The minimum atomic E-state index is -0.214. The number of hydrogen-bond donors (Lipinski definition) is 0. The molecule has 4 aliphatic rings. The highest BCUT2D eigenvalue weighted by molar-refractivity contribution is 7.00. The van der Waals surface area contributed by atoms with Crippen molar-refractivity contribution < 1.29 is 0 Å². The molecule has 0 unspecified atom stereocenters. The second-order valence-electron chi connectivity index (χ2n) is 29.9. The van der Waals surface area contributed by atoms with E-state index in [2.05, 4.69) is 340 Å². The van der Waals surface area contributed by atoms with Gasteiger partial charge in [-0.25, -0.2) is 0 Å². The Labute approximate surface area is 526 Å². The van der Waals surface area contributed by atoms with Gasteiger partial charge < -0.3 is 19.3 Å². The molecule has 4 nitrogen and oxygen atoms in total. The highest BCUT2D eigenvalue weighted by Crippen LogP contribution is 2.55. The molecule has 3 heterocycles. The maximum Gasteiger partial charge on any atom is 0.252 e. The quantitative estimate of drug-likeness (QED) is 0.154. The number of rotatable bonds is 6. The molecule has 89 heavy (non-hydrogen) atoms. The van der Waals surface area contributed by atoms with Crippen LogP contribution in [0, 0.1) is 0 Å². The number of fused-ring (bicyclic) bond motifs is 13. The highest BCUT2D eigenvalue weighted by Gasteiger charge is 2.46. The Kier molecular flexibility index (Phi) is 11.8. The van der Waals surface area contributed by atoms with Crippen LogP contribution in [0.5, 0.6) is 0 Å². The molecule has 0 saturated carbocycles. The van der Waals surface area contributed by atoms with Crippen molar-refractivity contribution in [3.05, 3.63) is 269 Å². The summed E-state index contributed by atoms with van der Waals surface area (Å²) in [4.78, 5) is 7.81. The summed E-state index contributed by atoms with van der Waals surface area (Å²) < 4.78 is 2.44. The molecule has 1 aromatic heterocycles. The van der Waals surface area contributed by atoms with Gasteiger partial charge in [0.25, 0.3) is 6.71 Å². The summed E-state index contributed by atoms with van der Waals surface area (Å²) in [5.41, 5.74) is 31.9. The standard InChI is InChI=1S/C84H77BN4/c1-80(2,3)52-31-34-56(35-32-52)86(59-38-42-66-65-27-19-22-30-73(65)87(75(66)50-59)55-23-15-14-16-24-55)60-39-43-71-76(51-60)89(58-37-41-64-62-26-18-21-29-68(62)84(12,13)70(64)49-58)78-47-54(82(7,8)9)46-77-79(78)85(71)72-45-53(81(4,5)6)33-44-74(72)88(77)57-36-40-63-61-25-17-20-28-67(61)83(10,11)69(63)48-57/h14-51H,1-13H3. The molecule has 0 atom stereocenters. The van der Waals surface area contributed by atoms with Crippen LogP contribution in [0.25, 0.3) is 49.7 Å². The molecule has 0 saturated heterocycles. The second-order valence-corrected chi connectivity index (χ2v) is 29.9. The summed E-state index contributed by atoms with van der Waals surface area (Å²) >= 11 is 0. The third-order valence-electron chi connectivity index (χ3n) is 20.6. The molecule has 16 rings (SSSR count). The lowest BCUT2D eigenvalue weighted by Crippen LogP contribution is -2.61. The largest absolute Gasteiger partial charge is 0.311 e. The van der Waals surface area contributed by atoms with E-state index in [1.54, 1.807) is 0 Å². The first kappa shape index (κ1) is 55.0. The first-order chi connectivity index (χ1) is 42.6. The van der Waals surface area contributed by atoms with Crippen LogP contribution in [0.3, 0.4) is 0 Å². The molecule has 0 fully saturated rings. The zero-order valence-electron chi connectivity index (χ0n) is 53.8. The maximum absolute atomic E-state index is 2.67. The topological polar surface area (TPSA) is 14.7 Å². The lowest BCUT2D eigenvalue weighted by Gasteiger charge is -2.46. The fourth-order valence-electron chi connectivity index (χ4n) is 15.8. The van der Waals surface area contributed by atoms with E-state index in [-0.39, 0.29) is 33.8 Å². The molecular weight excluding hydrogens is 1080 g/mol. The summed E-state index contributed by atoms with van der Waals surface area (Å²) in [5, 5.41) is 2.47. The molecule has 12 aromatic rings. The van der Waals surface area contributed by atoms with Gasteiger partial charge in [-0.2, -0.15) is 0 Å². The molecule has 0 N–H and O–H groups in total. The van der Waals surface area contributed by atoms with E-state index >= 15 is 0 Å². The molecule has 0 bridgehead atoms. The van der Waals surface area contributed by atoms with E-state index in [0.717, 1.165) is 28.4 Å². The van der Waals surface area contributed by atoms with Crippen LogP contribution >= 0.6 is 0 Å². The highest BCUT2D eigenvalue weighted by atomic mass is 15.2. The molecule has 0 amide bonds. The van der Waals surface area contributed by atoms with Crippen LogP contribution in [0.1, 0.15) is 129 Å². The van der Waals surface area contributed by atoms with E-state index in [4.69, 9.17) is 0 Å². The Morgan fingerprint density at radius 2 is 0.820 bits per heavy atom. The summed E-state index contributed by atoms with van der Waals surface area (Å²) in [6.45, 7) is 30.7. The number of hydrogen-bond acceptors (Lipinski definition) is 3. The normalized spacial score (nSPS) is 14.9. The summed E-state index contributed by atoms with van der Waals surface area (Å²) in [6.07, 6.45) is 0. The van der Waals surface area contributed by atoms with Crippen molar-refractivity contribution in [2.75, 3.05) is 14.7 Å². The lowest BCUT2D eigenvalue weighted by atomic mass is 9.33. The van der Waals surface area contributed by atoms with Crippen molar-refractivity contribution in [2.24, 2.45) is 0 Å². The van der Waals surface area contributed by atoms with Gasteiger partial charge >= 0.3 is 0 Å². The van der Waals surface area contributed by atoms with Gasteiger partial charge in [0.1, 0.15) is 0 Å². The Morgan fingerprint density at radius 1 is 0.326 bits per heavy atom. The molecule has 2 aliphatic heterocycles. The van der Waals surface area contributed by atoms with Gasteiger partial charge in [0.05, 0.1) is 11.0 Å². The van der Waals surface area contributed by atoms with E-state index in [1.165, 1.54) is 128 Å². The average Bonchev–Trinajstić information content (AvgIpc) is 1.37. The molecule has 5 heteroatoms. The first-order valence-corrected chi connectivity index (χ1v) is 32.1. The second kappa shape index (κ2) is 19.1. The van der Waals surface area contributed by atoms with Crippen LogP contribution < -0.4 is 31.1 Å². The van der Waals surface area contributed by atoms with Gasteiger partial charge in [-0.1, -0.05) is 223 Å². The van der Waals surface area contributed by atoms with Gasteiger partial charge in [0.15, 0.2) is 0 Å². The zero-order valence-corrected chi connectivity index (χ0v) is 53.8. The van der Waals surface area contributed by atoms with E-state index in [1.807, 2.05) is 0 Å². The number of para-hydroxylation sites is 2. The van der Waals surface area contributed by atoms with Gasteiger partial charge in [0, 0.05) is 78.5 Å². The van der Waals surface area contributed by atoms with Gasteiger partial charge in [-0.15, -0.1) is 0 Å². The van der Waals surface area contributed by atoms with Crippen LogP contribution in [-0.2, 0) is 27.1 Å². The SMILES string of the molecule is CC(C)(C)c1ccc(N(c2ccc3c(c2)N(c2ccc4c(c2)C(C)(C)c2ccccc2-4)c2cc(C(C)(C)C)cc4c2B3c2cc(C(C)(C)C)ccc2N4c2ccc3c(c2)C(C)(C)c2ccccc2-3)c2ccc3c4ccccc4n(-c4ccccc4)c3c2)cc1. The van der Waals surface area contributed by atoms with Crippen molar-refractivity contribution in [3.63, 3.8) is 0 Å². The summed E-state index contributed by atoms with van der Waals surface area (Å²) in [7, 11) is 0. The minimum absolute atomic E-state index is 0.0170. The number of anilines is 9. The van der Waals surface area contributed by atoms with Crippen LogP contribution in [0.4, 0.5) is 51.2 Å². The van der Waals surface area contributed by atoms with Crippen molar-refractivity contribution in [1.82, 2.24) is 4.57 Å². The molecule has 0 spiro atoms. The molecule has 0 radical (unpaired) electrons. The Morgan fingerprint density at radius 3 is 1.43 bits per heavy atom. The first-order valence-electron chi connectivity index (χ1n) is 32.1. The summed E-state index contributed by atoms with van der Waals surface area (Å²) in [6, 6.07) is 88.9. The maximum atomic E-state index is 2.67. The van der Waals surface area contributed by atoms with E-state index in [9.17, 15) is 0 Å². The fraction of sp³-hybridized carbons (Fsp3) is 0.214. The van der Waals surface area contributed by atoms with Gasteiger partial charge in [-0.3, -0.25) is 0 Å². The predicted molar refractivity (Wildman–Crippen MR) is 381 cm³/mol. The minimum Gasteiger partial charge on any atom is -0.311 e. The third-order valence-corrected chi connectivity index (χ3v) is 20.6. The van der Waals surface area contributed by atoms with Crippen molar-refractivity contribution in [2.45, 2.75) is 117 Å². The predicted octanol–water partition coefficient (Wildman–Crippen LogP) is 20.8. The Bertz CT molecular complexity index is 4920. The number of nitrogens with zero attached hydrogens (tertiary/aromatic N) is 4. The Balaban J connectivity index is 0.984. The van der Waals surface area contributed by atoms with Crippen molar-refractivity contribution in [3.8, 4) is 27.9 Å². The van der Waals surface area contributed by atoms with Gasteiger partial charge in [-0.05, 0) is 191 Å². The van der Waals surface area contributed by atoms with Crippen LogP contribution in [0.2, 0.25) is 0 Å². The fourth-order valence-corrected chi connectivity index (χ4v) is 15.8. The molecule has 436 valence electrons. The Hall–Kier alpha value is -9.32. The van der Waals surface area contributed by atoms with Crippen molar-refractivity contribution >= 4 is 96.1 Å². The number of benzene rings is 11. The lowest BCUT2D eigenvalue weighted by molar-refractivity contribution is 0.590. The molecule has 11 aromatic carbocycles. The summed E-state index contributed by atoms with van der Waals surface area (Å²) in [5.74, 6) is 0. The van der Waals surface area contributed by atoms with Crippen molar-refractivity contribution in [1.29, 1.82) is 0 Å². The smallest absolute Gasteiger partial charge is 0.252 e.